The Hall–Kier alpha value is -1.02. The molecule has 0 aromatic rings. The highest BCUT2D eigenvalue weighted by molar-refractivity contribution is 7.45. The number of carbonyl (C=O) groups excluding carboxylic acids is 1. The molecule has 0 saturated carbocycles. The number of unbranched alkanes of at least 4 members (excludes halogenated alkanes) is 43. The summed E-state index contributed by atoms with van der Waals surface area (Å²) < 4.78 is 23.4. The van der Waals surface area contributed by atoms with E-state index in [9.17, 15) is 19.4 Å². The van der Waals surface area contributed by atoms with E-state index < -0.39 is 20.0 Å². The molecule has 0 aliphatic rings. The zero-order valence-electron chi connectivity index (χ0n) is 48.2. The molecule has 0 bridgehead atoms. The van der Waals surface area contributed by atoms with Gasteiger partial charge in [0.25, 0.3) is 7.82 Å². The van der Waals surface area contributed by atoms with Crippen LogP contribution < -0.4 is 10.2 Å². The first-order valence-corrected chi connectivity index (χ1v) is 32.7. The van der Waals surface area contributed by atoms with Crippen molar-refractivity contribution in [3.63, 3.8) is 0 Å². The summed E-state index contributed by atoms with van der Waals surface area (Å²) in [5.41, 5.74) is 0. The van der Waals surface area contributed by atoms with Crippen LogP contribution in [-0.2, 0) is 18.4 Å². The number of nitrogens with one attached hydrogen (secondary N) is 1. The Balaban J connectivity index is 4.11. The highest BCUT2D eigenvalue weighted by atomic mass is 31.2. The van der Waals surface area contributed by atoms with Crippen LogP contribution >= 0.6 is 7.82 Å². The third-order valence-electron chi connectivity index (χ3n) is 14.4. The van der Waals surface area contributed by atoms with Gasteiger partial charge in [-0.15, -0.1) is 0 Å². The van der Waals surface area contributed by atoms with Crippen LogP contribution in [0, 0.1) is 0 Å². The number of aliphatic hydroxyl groups is 1. The number of rotatable bonds is 58. The van der Waals surface area contributed by atoms with Crippen molar-refractivity contribution in [1.29, 1.82) is 0 Å². The first-order valence-electron chi connectivity index (χ1n) is 31.2. The zero-order chi connectivity index (χ0) is 52.0. The minimum absolute atomic E-state index is 0.00362. The predicted molar refractivity (Wildman–Crippen MR) is 307 cm³/mol. The van der Waals surface area contributed by atoms with Crippen molar-refractivity contribution >= 4 is 13.7 Å². The molecule has 2 N–H and O–H groups in total. The fourth-order valence-corrected chi connectivity index (χ4v) is 10.2. The van der Waals surface area contributed by atoms with E-state index in [1.165, 1.54) is 257 Å². The van der Waals surface area contributed by atoms with Gasteiger partial charge in [-0.25, -0.2) is 0 Å². The summed E-state index contributed by atoms with van der Waals surface area (Å²) in [6.07, 6.45) is 68.5. The lowest BCUT2D eigenvalue weighted by Gasteiger charge is -2.29. The lowest BCUT2D eigenvalue weighted by Crippen LogP contribution is -2.45. The molecule has 3 atom stereocenters. The van der Waals surface area contributed by atoms with Gasteiger partial charge in [-0.2, -0.15) is 0 Å². The van der Waals surface area contributed by atoms with E-state index in [0.717, 1.165) is 38.5 Å². The largest absolute Gasteiger partial charge is 0.756 e. The Morgan fingerprint density at radius 1 is 0.479 bits per heavy atom. The van der Waals surface area contributed by atoms with Crippen LogP contribution in [0.2, 0.25) is 0 Å². The molecule has 1 amide bonds. The molecule has 0 spiro atoms. The monoisotopic (exact) mass is 1020 g/mol. The molecule has 0 heterocycles. The fourth-order valence-electron chi connectivity index (χ4n) is 9.53. The summed E-state index contributed by atoms with van der Waals surface area (Å²) in [4.78, 5) is 25.5. The summed E-state index contributed by atoms with van der Waals surface area (Å²) in [6, 6.07) is -0.900. The van der Waals surface area contributed by atoms with E-state index in [1.807, 2.05) is 27.2 Å². The lowest BCUT2D eigenvalue weighted by atomic mass is 10.0. The minimum Gasteiger partial charge on any atom is -0.756 e. The Kier molecular flexibility index (Phi) is 53.0. The van der Waals surface area contributed by atoms with Crippen molar-refractivity contribution in [3.8, 4) is 0 Å². The van der Waals surface area contributed by atoms with Crippen molar-refractivity contribution in [2.45, 2.75) is 328 Å². The van der Waals surface area contributed by atoms with Gasteiger partial charge in [0.15, 0.2) is 0 Å². The molecule has 0 rings (SSSR count). The van der Waals surface area contributed by atoms with Gasteiger partial charge in [-0.3, -0.25) is 9.36 Å². The van der Waals surface area contributed by atoms with Crippen LogP contribution in [-0.4, -0.2) is 68.5 Å². The number of hydrogen-bond donors (Lipinski definition) is 2. The van der Waals surface area contributed by atoms with Gasteiger partial charge in [0.1, 0.15) is 13.2 Å². The maximum atomic E-state index is 13.0. The van der Waals surface area contributed by atoms with Crippen molar-refractivity contribution in [2.24, 2.45) is 0 Å². The second-order valence-corrected chi connectivity index (χ2v) is 24.2. The number of allylic oxidation sites excluding steroid dienone is 3. The van der Waals surface area contributed by atoms with Crippen LogP contribution in [0.25, 0.3) is 0 Å². The molecule has 0 saturated heterocycles. The van der Waals surface area contributed by atoms with Crippen LogP contribution in [0.5, 0.6) is 0 Å². The average molecular weight is 1020 g/mol. The molecule has 3 unspecified atom stereocenters. The fraction of sp³-hybridized carbons (Fsp3) is 0.919. The topological polar surface area (TPSA) is 108 Å². The second-order valence-electron chi connectivity index (χ2n) is 22.8. The normalized spacial score (nSPS) is 14.0. The molecule has 0 aliphatic carbocycles. The Morgan fingerprint density at radius 3 is 1.14 bits per heavy atom. The summed E-state index contributed by atoms with van der Waals surface area (Å²) in [6.45, 7) is 4.68. The van der Waals surface area contributed by atoms with E-state index >= 15 is 0 Å². The van der Waals surface area contributed by atoms with E-state index in [-0.39, 0.29) is 19.1 Å². The maximum Gasteiger partial charge on any atom is 0.268 e. The van der Waals surface area contributed by atoms with Crippen molar-refractivity contribution in [2.75, 3.05) is 40.9 Å². The van der Waals surface area contributed by atoms with Crippen molar-refractivity contribution < 1.29 is 32.9 Å². The van der Waals surface area contributed by atoms with E-state index in [0.29, 0.717) is 17.4 Å². The number of likely N-dealkylation sites (N-methyl/N-ethyl adjacent to an activating group) is 1. The Morgan fingerprint density at radius 2 is 0.789 bits per heavy atom. The van der Waals surface area contributed by atoms with Crippen LogP contribution in [0.3, 0.4) is 0 Å². The quantitative estimate of drug-likeness (QED) is 0.0272. The van der Waals surface area contributed by atoms with Gasteiger partial charge < -0.3 is 28.8 Å². The molecule has 8 nitrogen and oxygen atoms in total. The molecule has 422 valence electrons. The van der Waals surface area contributed by atoms with E-state index in [1.54, 1.807) is 6.08 Å². The third-order valence-corrected chi connectivity index (χ3v) is 15.4. The molecular weight excluding hydrogens is 900 g/mol. The zero-order valence-corrected chi connectivity index (χ0v) is 49.1. The summed E-state index contributed by atoms with van der Waals surface area (Å²) in [5.74, 6) is -0.200. The van der Waals surface area contributed by atoms with Gasteiger partial charge in [-0.1, -0.05) is 301 Å². The second kappa shape index (κ2) is 53.8. The van der Waals surface area contributed by atoms with E-state index in [2.05, 4.69) is 31.3 Å². The predicted octanol–water partition coefficient (Wildman–Crippen LogP) is 18.5. The number of nitrogens with zero attached hydrogens (tertiary/aromatic N) is 1. The molecular formula is C62H123N2O6P. The van der Waals surface area contributed by atoms with Gasteiger partial charge in [0.2, 0.25) is 5.91 Å². The smallest absolute Gasteiger partial charge is 0.268 e. The molecule has 0 aliphatic heterocycles. The van der Waals surface area contributed by atoms with Crippen LogP contribution in [0.4, 0.5) is 0 Å². The van der Waals surface area contributed by atoms with Crippen molar-refractivity contribution in [3.05, 3.63) is 24.3 Å². The van der Waals surface area contributed by atoms with Crippen LogP contribution in [0.15, 0.2) is 24.3 Å². The first kappa shape index (κ1) is 70.0. The average Bonchev–Trinajstić information content (AvgIpc) is 3.33. The van der Waals surface area contributed by atoms with Gasteiger partial charge >= 0.3 is 0 Å². The highest BCUT2D eigenvalue weighted by Gasteiger charge is 2.23. The maximum absolute atomic E-state index is 13.0. The number of hydrogen-bond acceptors (Lipinski definition) is 6. The number of quaternary nitrogens is 1. The summed E-state index contributed by atoms with van der Waals surface area (Å²) in [7, 11) is 1.26. The Labute approximate surface area is 443 Å². The lowest BCUT2D eigenvalue weighted by molar-refractivity contribution is -0.870. The van der Waals surface area contributed by atoms with Gasteiger partial charge in [-0.05, 0) is 32.1 Å². The molecule has 0 aromatic carbocycles. The Bertz CT molecular complexity index is 1210. The standard InChI is InChI=1S/C62H123N2O6P/c1-6-8-10-12-14-16-18-20-22-24-26-28-29-30-31-32-33-34-35-36-38-40-42-44-46-48-50-52-54-56-62(66)63-60(59-70-71(67,68)69-58-57-64(3,4)5)61(65)55-53-51-49-47-45-43-41-39-37-27-25-23-21-19-17-15-13-11-9-7-2/h45,47,53,55,60-61,65H,6-44,46,48-52,54,56-59H2,1-5H3,(H-,63,66,67,68)/b47-45+,55-53+. The first-order chi connectivity index (χ1) is 34.5. The van der Waals surface area contributed by atoms with Gasteiger partial charge in [0.05, 0.1) is 39.9 Å². The summed E-state index contributed by atoms with van der Waals surface area (Å²) in [5, 5.41) is 13.9. The molecule has 0 fully saturated rings. The molecule has 0 aromatic heterocycles. The SMILES string of the molecule is CCCCCCCCCCCCCCCC/C=C/CC/C=C/C(O)C(COP(=O)([O-])OCC[N+](C)(C)C)NC(=O)CCCCCCCCCCCCCCCCCCCCCCCCCCCCCCC. The summed E-state index contributed by atoms with van der Waals surface area (Å²) >= 11 is 0. The van der Waals surface area contributed by atoms with E-state index in [4.69, 9.17) is 9.05 Å². The number of amides is 1. The van der Waals surface area contributed by atoms with Crippen molar-refractivity contribution in [1.82, 2.24) is 5.32 Å². The number of phosphoric ester groups is 1. The van der Waals surface area contributed by atoms with Gasteiger partial charge in [0, 0.05) is 6.42 Å². The highest BCUT2D eigenvalue weighted by Crippen LogP contribution is 2.38. The number of carbonyl (C=O) groups is 1. The number of phosphoric acid groups is 1. The molecule has 71 heavy (non-hydrogen) atoms. The molecule has 9 heteroatoms. The number of aliphatic hydroxyl groups excluding tert-OH is 1. The van der Waals surface area contributed by atoms with Crippen LogP contribution in [0.1, 0.15) is 316 Å². The minimum atomic E-state index is -4.60. The molecule has 0 radical (unpaired) electrons. The third kappa shape index (κ3) is 56.5.